The highest BCUT2D eigenvalue weighted by molar-refractivity contribution is 5.86. The highest BCUT2D eigenvalue weighted by Gasteiger charge is 2.22. The zero-order valence-corrected chi connectivity index (χ0v) is 18.0. The van der Waals surface area contributed by atoms with Gasteiger partial charge in [0, 0.05) is 12.3 Å². The smallest absolute Gasteiger partial charge is 0.278 e. The molecule has 0 radical (unpaired) electrons. The van der Waals surface area contributed by atoms with Gasteiger partial charge in [-0.3, -0.25) is 9.36 Å². The zero-order chi connectivity index (χ0) is 23.5. The predicted octanol–water partition coefficient (Wildman–Crippen LogP) is 3.13. The van der Waals surface area contributed by atoms with Gasteiger partial charge in [0.1, 0.15) is 23.3 Å². The Kier molecular flexibility index (Phi) is 5.69. The van der Waals surface area contributed by atoms with Gasteiger partial charge in [-0.1, -0.05) is 12.1 Å². The zero-order valence-electron chi connectivity index (χ0n) is 18.0. The summed E-state index contributed by atoms with van der Waals surface area (Å²) in [7, 11) is 4.49. The van der Waals surface area contributed by atoms with Crippen LogP contribution in [0.15, 0.2) is 53.5 Å². The number of aromatic hydroxyl groups is 1. The number of nitriles is 1. The fraction of sp³-hybridized carbons (Fsp3) is 0.130. The van der Waals surface area contributed by atoms with E-state index in [1.807, 2.05) is 12.1 Å². The summed E-state index contributed by atoms with van der Waals surface area (Å²) in [6.07, 6.45) is 1.34. The molecule has 0 saturated heterocycles. The molecule has 0 aliphatic heterocycles. The first-order chi connectivity index (χ1) is 16.0. The lowest BCUT2D eigenvalue weighted by molar-refractivity contribution is 0.393. The number of rotatable bonds is 6. The molecule has 4 aromatic rings. The van der Waals surface area contributed by atoms with Crippen LogP contribution in [0, 0.1) is 11.3 Å². The van der Waals surface area contributed by atoms with Crippen molar-refractivity contribution in [1.29, 1.82) is 5.26 Å². The third-order valence-electron chi connectivity index (χ3n) is 4.98. The van der Waals surface area contributed by atoms with Gasteiger partial charge in [0.15, 0.2) is 17.0 Å². The van der Waals surface area contributed by atoms with Gasteiger partial charge in [-0.05, 0) is 24.3 Å². The van der Waals surface area contributed by atoms with E-state index in [0.29, 0.717) is 28.6 Å². The fourth-order valence-corrected chi connectivity index (χ4v) is 3.38. The van der Waals surface area contributed by atoms with Crippen LogP contribution in [0.4, 0.5) is 11.6 Å². The second kappa shape index (κ2) is 8.76. The van der Waals surface area contributed by atoms with Crippen LogP contribution in [0.25, 0.3) is 16.7 Å². The fourth-order valence-electron chi connectivity index (χ4n) is 3.38. The number of para-hydroxylation sites is 2. The van der Waals surface area contributed by atoms with Crippen molar-refractivity contribution in [1.82, 2.24) is 14.5 Å². The number of nitrogens with one attached hydrogen (secondary N) is 1. The van der Waals surface area contributed by atoms with E-state index >= 15 is 0 Å². The van der Waals surface area contributed by atoms with E-state index < -0.39 is 16.9 Å². The molecule has 0 bridgehead atoms. The maximum absolute atomic E-state index is 13.2. The van der Waals surface area contributed by atoms with E-state index in [0.717, 1.165) is 0 Å². The summed E-state index contributed by atoms with van der Waals surface area (Å²) in [5.41, 5.74) is -0.199. The summed E-state index contributed by atoms with van der Waals surface area (Å²) >= 11 is 0. The summed E-state index contributed by atoms with van der Waals surface area (Å²) in [6, 6.07) is 13.8. The number of hydrogen-bond acceptors (Lipinski definition) is 9. The first kappa shape index (κ1) is 21.5. The molecule has 4 rings (SSSR count). The Morgan fingerprint density at radius 2 is 1.82 bits per heavy atom. The number of ether oxygens (including phenoxy) is 3. The maximum atomic E-state index is 13.2. The number of methoxy groups -OCH3 is 3. The molecule has 0 atom stereocenters. The number of hydrogen-bond donors (Lipinski definition) is 2. The van der Waals surface area contributed by atoms with Crippen molar-refractivity contribution >= 4 is 22.7 Å². The van der Waals surface area contributed by atoms with Gasteiger partial charge in [-0.15, -0.1) is 0 Å². The standard InChI is InChI=1S/C23H19N5O5/c1-31-13-8-9-17(19(10-13)33-3)28-21-15(20(29)14(11-24)22(28)30)12-25-23(27-21)26-16-6-4-5-7-18(16)32-2/h4-10,12,29H,1-3H3,(H,25,26,27). The van der Waals surface area contributed by atoms with Crippen molar-refractivity contribution in [3.63, 3.8) is 0 Å². The summed E-state index contributed by atoms with van der Waals surface area (Å²) in [5, 5.41) is 23.2. The normalized spacial score (nSPS) is 10.5. The summed E-state index contributed by atoms with van der Waals surface area (Å²) < 4.78 is 17.2. The average Bonchev–Trinajstić information content (AvgIpc) is 2.84. The number of aromatic nitrogens is 3. The molecule has 0 spiro atoms. The SMILES string of the molecule is COc1ccc(-n2c(=O)c(C#N)c(O)c3cnc(Nc4ccccc4OC)nc32)c(OC)c1. The third kappa shape index (κ3) is 3.72. The van der Waals surface area contributed by atoms with Crippen LogP contribution in [0.1, 0.15) is 5.56 Å². The molecule has 33 heavy (non-hydrogen) atoms. The molecular weight excluding hydrogens is 426 g/mol. The predicted molar refractivity (Wildman–Crippen MR) is 121 cm³/mol. The highest BCUT2D eigenvalue weighted by atomic mass is 16.5. The largest absolute Gasteiger partial charge is 0.506 e. The van der Waals surface area contributed by atoms with Gasteiger partial charge in [-0.2, -0.15) is 10.2 Å². The van der Waals surface area contributed by atoms with Crippen molar-refractivity contribution in [2.45, 2.75) is 0 Å². The maximum Gasteiger partial charge on any atom is 0.278 e. The van der Waals surface area contributed by atoms with Crippen molar-refractivity contribution in [3.8, 4) is 34.8 Å². The molecule has 0 aliphatic carbocycles. The Labute approximate surface area is 188 Å². The molecule has 2 heterocycles. The molecule has 2 N–H and O–H groups in total. The van der Waals surface area contributed by atoms with Crippen LogP contribution in [-0.2, 0) is 0 Å². The highest BCUT2D eigenvalue weighted by Crippen LogP contribution is 2.33. The molecule has 0 fully saturated rings. The lowest BCUT2D eigenvalue weighted by Crippen LogP contribution is -2.23. The Hall–Kier alpha value is -4.78. The van der Waals surface area contributed by atoms with Gasteiger partial charge < -0.3 is 24.6 Å². The Morgan fingerprint density at radius 1 is 1.06 bits per heavy atom. The Bertz CT molecular complexity index is 1460. The number of anilines is 2. The summed E-state index contributed by atoms with van der Waals surface area (Å²) in [4.78, 5) is 21.9. The van der Waals surface area contributed by atoms with Crippen LogP contribution in [-0.4, -0.2) is 41.0 Å². The van der Waals surface area contributed by atoms with Gasteiger partial charge in [0.05, 0.1) is 38.1 Å². The minimum atomic E-state index is -0.757. The monoisotopic (exact) mass is 445 g/mol. The molecule has 166 valence electrons. The van der Waals surface area contributed by atoms with E-state index in [9.17, 15) is 15.2 Å². The average molecular weight is 445 g/mol. The second-order valence-electron chi connectivity index (χ2n) is 6.77. The number of fused-ring (bicyclic) bond motifs is 1. The molecule has 2 aromatic carbocycles. The molecule has 0 amide bonds. The Morgan fingerprint density at radius 3 is 2.52 bits per heavy atom. The molecule has 10 nitrogen and oxygen atoms in total. The van der Waals surface area contributed by atoms with Crippen LogP contribution >= 0.6 is 0 Å². The van der Waals surface area contributed by atoms with Crippen molar-refractivity contribution in [2.75, 3.05) is 26.6 Å². The van der Waals surface area contributed by atoms with Crippen LogP contribution < -0.4 is 25.1 Å². The minimum Gasteiger partial charge on any atom is -0.506 e. The lowest BCUT2D eigenvalue weighted by Gasteiger charge is -2.16. The van der Waals surface area contributed by atoms with E-state index in [1.54, 1.807) is 36.4 Å². The number of nitrogens with zero attached hydrogens (tertiary/aromatic N) is 4. The van der Waals surface area contributed by atoms with E-state index in [4.69, 9.17) is 14.2 Å². The Balaban J connectivity index is 2.00. The summed E-state index contributed by atoms with van der Waals surface area (Å²) in [6.45, 7) is 0. The number of benzene rings is 2. The molecule has 0 saturated carbocycles. The lowest BCUT2D eigenvalue weighted by atomic mass is 10.2. The minimum absolute atomic E-state index is 0.0763. The topological polar surface area (TPSA) is 132 Å². The molecule has 2 aromatic heterocycles. The van der Waals surface area contributed by atoms with E-state index in [2.05, 4.69) is 15.3 Å². The van der Waals surface area contributed by atoms with Crippen LogP contribution in [0.2, 0.25) is 0 Å². The van der Waals surface area contributed by atoms with E-state index in [1.165, 1.54) is 32.1 Å². The van der Waals surface area contributed by atoms with Crippen LogP contribution in [0.5, 0.6) is 23.0 Å². The third-order valence-corrected chi connectivity index (χ3v) is 4.98. The van der Waals surface area contributed by atoms with Gasteiger partial charge in [0.2, 0.25) is 5.95 Å². The molecule has 0 aliphatic rings. The van der Waals surface area contributed by atoms with Crippen molar-refractivity contribution in [2.24, 2.45) is 0 Å². The van der Waals surface area contributed by atoms with E-state index in [-0.39, 0.29) is 17.0 Å². The van der Waals surface area contributed by atoms with Gasteiger partial charge >= 0.3 is 0 Å². The number of pyridine rings is 1. The van der Waals surface area contributed by atoms with Crippen molar-refractivity contribution < 1.29 is 19.3 Å². The molecule has 10 heteroatoms. The quantitative estimate of drug-likeness (QED) is 0.459. The first-order valence-corrected chi connectivity index (χ1v) is 9.69. The molecular formula is C23H19N5O5. The second-order valence-corrected chi connectivity index (χ2v) is 6.77. The van der Waals surface area contributed by atoms with Crippen molar-refractivity contribution in [3.05, 3.63) is 64.6 Å². The van der Waals surface area contributed by atoms with Crippen LogP contribution in [0.3, 0.4) is 0 Å². The van der Waals surface area contributed by atoms with Gasteiger partial charge in [-0.25, -0.2) is 4.98 Å². The summed E-state index contributed by atoms with van der Waals surface area (Å²) in [5.74, 6) is 1.05. The first-order valence-electron chi connectivity index (χ1n) is 9.69. The van der Waals surface area contributed by atoms with Gasteiger partial charge in [0.25, 0.3) is 5.56 Å². The molecule has 0 unspecified atom stereocenters.